The molecule has 3 N–H and O–H groups in total. The molecule has 0 heterocycles. The molecule has 1 fully saturated rings. The van der Waals surface area contributed by atoms with E-state index >= 15 is 0 Å². The van der Waals surface area contributed by atoms with Crippen molar-refractivity contribution in [3.63, 3.8) is 0 Å². The van der Waals surface area contributed by atoms with Gasteiger partial charge in [-0.25, -0.2) is 0 Å². The fourth-order valence-corrected chi connectivity index (χ4v) is 4.55. The summed E-state index contributed by atoms with van der Waals surface area (Å²) in [5.74, 6) is 0.912. The molecule has 0 atom stereocenters. The van der Waals surface area contributed by atoms with Gasteiger partial charge in [-0.05, 0) is 71.4 Å². The van der Waals surface area contributed by atoms with Crippen LogP contribution in [-0.4, -0.2) is 28.2 Å². The maximum atomic E-state index is 13.2. The Labute approximate surface area is 208 Å². The Kier molecular flexibility index (Phi) is 9.88. The first-order valence-electron chi connectivity index (χ1n) is 12.3. The molecule has 1 aliphatic carbocycles. The highest BCUT2D eigenvalue weighted by Gasteiger charge is 2.20. The van der Waals surface area contributed by atoms with E-state index in [1.807, 2.05) is 25.1 Å². The van der Waals surface area contributed by atoms with Gasteiger partial charge in [0.05, 0.1) is 20.3 Å². The highest BCUT2D eigenvalue weighted by atomic mass is 16.5. The molecule has 5 heteroatoms. The SMILES string of the molecule is COc1cc(/C=C/C(O)=C(\CC2CCCCC2)C(=O)/C=C/c2ccc(CO)c(CO)c2)ccc1C. The van der Waals surface area contributed by atoms with Crippen molar-refractivity contribution in [2.75, 3.05) is 7.11 Å². The molecule has 0 bridgehead atoms. The first kappa shape index (κ1) is 26.5. The van der Waals surface area contributed by atoms with Crippen molar-refractivity contribution in [2.45, 2.75) is 58.7 Å². The highest BCUT2D eigenvalue weighted by molar-refractivity contribution is 6.07. The van der Waals surface area contributed by atoms with Crippen LogP contribution in [0, 0.1) is 12.8 Å². The molecule has 0 saturated heterocycles. The first-order valence-corrected chi connectivity index (χ1v) is 12.3. The van der Waals surface area contributed by atoms with Crippen LogP contribution in [0.15, 0.2) is 59.9 Å². The molecule has 2 aromatic carbocycles. The van der Waals surface area contributed by atoms with Gasteiger partial charge >= 0.3 is 0 Å². The molecule has 0 aromatic heterocycles. The number of rotatable bonds is 10. The summed E-state index contributed by atoms with van der Waals surface area (Å²) in [7, 11) is 1.63. The summed E-state index contributed by atoms with van der Waals surface area (Å²) >= 11 is 0. The second-order valence-corrected chi connectivity index (χ2v) is 9.18. The number of benzene rings is 2. The van der Waals surface area contributed by atoms with Crippen LogP contribution in [0.1, 0.15) is 66.3 Å². The Balaban J connectivity index is 1.87. The van der Waals surface area contributed by atoms with Crippen molar-refractivity contribution in [1.82, 2.24) is 0 Å². The van der Waals surface area contributed by atoms with Crippen LogP contribution in [0.25, 0.3) is 12.2 Å². The smallest absolute Gasteiger partial charge is 0.185 e. The number of methoxy groups -OCH3 is 1. The average Bonchev–Trinajstić information content (AvgIpc) is 2.90. The quantitative estimate of drug-likeness (QED) is 0.220. The van der Waals surface area contributed by atoms with E-state index in [1.165, 1.54) is 12.5 Å². The number of carbonyl (C=O) groups excluding carboxylic acids is 1. The van der Waals surface area contributed by atoms with E-state index in [0.29, 0.717) is 29.0 Å². The van der Waals surface area contributed by atoms with Gasteiger partial charge in [0.15, 0.2) is 5.78 Å². The maximum Gasteiger partial charge on any atom is 0.185 e. The number of allylic oxidation sites excluding steroid dienone is 3. The van der Waals surface area contributed by atoms with Crippen molar-refractivity contribution in [3.05, 3.63) is 87.7 Å². The Morgan fingerprint density at radius 3 is 2.29 bits per heavy atom. The summed E-state index contributed by atoms with van der Waals surface area (Å²) in [6.45, 7) is 1.63. The topological polar surface area (TPSA) is 87.0 Å². The molecule has 2 aromatic rings. The van der Waals surface area contributed by atoms with Crippen LogP contribution in [0.2, 0.25) is 0 Å². The molecule has 186 valence electrons. The van der Waals surface area contributed by atoms with E-state index in [4.69, 9.17) is 4.74 Å². The lowest BCUT2D eigenvalue weighted by Gasteiger charge is -2.22. The third kappa shape index (κ3) is 7.41. The van der Waals surface area contributed by atoms with Crippen molar-refractivity contribution in [1.29, 1.82) is 0 Å². The normalized spacial score (nSPS) is 15.5. The summed E-state index contributed by atoms with van der Waals surface area (Å²) in [6, 6.07) is 11.1. The van der Waals surface area contributed by atoms with E-state index in [1.54, 1.807) is 43.5 Å². The highest BCUT2D eigenvalue weighted by Crippen LogP contribution is 2.31. The number of aryl methyl sites for hydroxylation is 1. The predicted molar refractivity (Wildman–Crippen MR) is 140 cm³/mol. The number of carbonyl (C=O) groups is 1. The predicted octanol–water partition coefficient (Wildman–Crippen LogP) is 6.07. The monoisotopic (exact) mass is 476 g/mol. The Morgan fingerprint density at radius 1 is 0.943 bits per heavy atom. The van der Waals surface area contributed by atoms with Gasteiger partial charge < -0.3 is 20.1 Å². The van der Waals surface area contributed by atoms with Crippen molar-refractivity contribution < 1.29 is 24.9 Å². The molecule has 3 rings (SSSR count). The largest absolute Gasteiger partial charge is 0.508 e. The fraction of sp³-hybridized carbons (Fsp3) is 0.367. The Bertz CT molecular complexity index is 1100. The Hall–Kier alpha value is -3.15. The number of aliphatic hydroxyl groups excluding tert-OH is 3. The van der Waals surface area contributed by atoms with Crippen LogP contribution in [0.3, 0.4) is 0 Å². The molecular formula is C30H36O5. The van der Waals surface area contributed by atoms with Gasteiger partial charge in [-0.3, -0.25) is 4.79 Å². The van der Waals surface area contributed by atoms with Gasteiger partial charge in [0.2, 0.25) is 0 Å². The van der Waals surface area contributed by atoms with Gasteiger partial charge in [0.25, 0.3) is 0 Å². The van der Waals surface area contributed by atoms with Crippen LogP contribution in [-0.2, 0) is 18.0 Å². The lowest BCUT2D eigenvalue weighted by molar-refractivity contribution is -0.111. The number of hydrogen-bond donors (Lipinski definition) is 3. The third-order valence-electron chi connectivity index (χ3n) is 6.69. The van der Waals surface area contributed by atoms with Crippen molar-refractivity contribution >= 4 is 17.9 Å². The first-order chi connectivity index (χ1) is 16.9. The molecule has 0 aliphatic heterocycles. The van der Waals surface area contributed by atoms with E-state index in [2.05, 4.69) is 0 Å². The minimum atomic E-state index is -0.226. The molecule has 35 heavy (non-hydrogen) atoms. The summed E-state index contributed by atoms with van der Waals surface area (Å²) < 4.78 is 5.38. The maximum absolute atomic E-state index is 13.2. The van der Waals surface area contributed by atoms with Crippen LogP contribution in [0.5, 0.6) is 5.75 Å². The zero-order valence-corrected chi connectivity index (χ0v) is 20.7. The molecule has 5 nitrogen and oxygen atoms in total. The summed E-state index contributed by atoms with van der Waals surface area (Å²) in [5.41, 5.74) is 4.35. The average molecular weight is 477 g/mol. The van der Waals surface area contributed by atoms with Crippen LogP contribution >= 0.6 is 0 Å². The van der Waals surface area contributed by atoms with Gasteiger partial charge in [-0.1, -0.05) is 68.5 Å². The zero-order valence-electron chi connectivity index (χ0n) is 20.7. The van der Waals surface area contributed by atoms with E-state index in [9.17, 15) is 20.1 Å². The molecule has 0 unspecified atom stereocenters. The van der Waals surface area contributed by atoms with Crippen LogP contribution < -0.4 is 4.74 Å². The number of hydrogen-bond acceptors (Lipinski definition) is 5. The molecule has 0 spiro atoms. The Morgan fingerprint density at radius 2 is 1.60 bits per heavy atom. The van der Waals surface area contributed by atoms with Gasteiger partial charge in [0.1, 0.15) is 11.5 Å². The van der Waals surface area contributed by atoms with Gasteiger partial charge in [0, 0.05) is 5.57 Å². The summed E-state index contributed by atoms with van der Waals surface area (Å²) in [6.07, 6.45) is 12.8. The lowest BCUT2D eigenvalue weighted by atomic mass is 9.83. The van der Waals surface area contributed by atoms with Gasteiger partial charge in [-0.15, -0.1) is 0 Å². The fourth-order valence-electron chi connectivity index (χ4n) is 4.55. The zero-order chi connectivity index (χ0) is 25.2. The second-order valence-electron chi connectivity index (χ2n) is 9.18. The van der Waals surface area contributed by atoms with E-state index < -0.39 is 0 Å². The molecule has 0 amide bonds. The molecular weight excluding hydrogens is 440 g/mol. The van der Waals surface area contributed by atoms with Crippen LogP contribution in [0.4, 0.5) is 0 Å². The number of aliphatic hydroxyl groups is 3. The minimum absolute atomic E-state index is 0.0172. The van der Waals surface area contributed by atoms with E-state index in [-0.39, 0.29) is 24.8 Å². The third-order valence-corrected chi connectivity index (χ3v) is 6.69. The van der Waals surface area contributed by atoms with Crippen molar-refractivity contribution in [3.8, 4) is 5.75 Å². The van der Waals surface area contributed by atoms with Crippen molar-refractivity contribution in [2.24, 2.45) is 5.92 Å². The molecule has 1 saturated carbocycles. The van der Waals surface area contributed by atoms with Gasteiger partial charge in [-0.2, -0.15) is 0 Å². The van der Waals surface area contributed by atoms with E-state index in [0.717, 1.165) is 48.1 Å². The summed E-state index contributed by atoms with van der Waals surface area (Å²) in [4.78, 5) is 13.2. The second kappa shape index (κ2) is 13.1. The summed E-state index contributed by atoms with van der Waals surface area (Å²) in [5, 5.41) is 29.9. The molecule has 1 aliphatic rings. The minimum Gasteiger partial charge on any atom is -0.508 e. The number of ether oxygens (including phenoxy) is 1. The molecule has 0 radical (unpaired) electrons. The standard InChI is InChI=1S/C30H36O5/c1-21-8-9-24(18-30(21)35-2)12-15-29(34)27(17-22-6-4-3-5-7-22)28(33)14-11-23-10-13-25(19-31)26(16-23)20-32/h8-16,18,22,31-32,34H,3-7,17,19-20H2,1-2H3/b14-11+,15-12+,29-27-. The number of ketones is 1. The lowest BCUT2D eigenvalue weighted by Crippen LogP contribution is -2.12.